The summed E-state index contributed by atoms with van der Waals surface area (Å²) in [6.45, 7) is 3.47. The van der Waals surface area contributed by atoms with Gasteiger partial charge in [-0.25, -0.2) is 0 Å². The van der Waals surface area contributed by atoms with E-state index in [1.54, 1.807) is 24.3 Å². The maximum Gasteiger partial charge on any atom is 0.573 e. The number of nitrogens with zero attached hydrogens (tertiary/aromatic N) is 1. The summed E-state index contributed by atoms with van der Waals surface area (Å²) in [4.78, 5) is 1.50. The maximum absolute atomic E-state index is 13.3. The minimum atomic E-state index is -4.86. The SMILES string of the molecule is CCC(C)Nc1cccc(C2(Cc3cccc(OC(F)(F)F)c3)CN(C[C@@H](O)C(F)(F)F)c3ccccc32)c1. The molecule has 0 spiro atoms. The van der Waals surface area contributed by atoms with E-state index in [9.17, 15) is 31.4 Å². The van der Waals surface area contributed by atoms with E-state index in [1.807, 2.05) is 44.2 Å². The number of halogens is 6. The van der Waals surface area contributed by atoms with Gasteiger partial charge in [0.05, 0.1) is 6.54 Å². The number of β-amino-alcohol motifs (C(OH)–C–C–N with tert-alkyl or cyclic N) is 1. The van der Waals surface area contributed by atoms with E-state index >= 15 is 0 Å². The van der Waals surface area contributed by atoms with Crippen LogP contribution in [0.3, 0.4) is 0 Å². The Bertz CT molecular complexity index is 1280. The molecule has 3 atom stereocenters. The average Bonchev–Trinajstić information content (AvgIpc) is 3.17. The second kappa shape index (κ2) is 11.0. The summed E-state index contributed by atoms with van der Waals surface area (Å²) in [5.74, 6) is -0.377. The molecule has 10 heteroatoms. The molecule has 0 fully saturated rings. The van der Waals surface area contributed by atoms with Crippen LogP contribution in [0.4, 0.5) is 37.7 Å². The second-order valence-corrected chi connectivity index (χ2v) is 9.94. The van der Waals surface area contributed by atoms with Crippen LogP contribution in [0.2, 0.25) is 0 Å². The van der Waals surface area contributed by atoms with E-state index in [0.29, 0.717) is 11.3 Å². The number of para-hydroxylation sites is 1. The topological polar surface area (TPSA) is 44.7 Å². The predicted molar refractivity (Wildman–Crippen MR) is 138 cm³/mol. The number of hydrogen-bond donors (Lipinski definition) is 2. The van der Waals surface area contributed by atoms with Crippen LogP contribution >= 0.6 is 0 Å². The van der Waals surface area contributed by atoms with Crippen molar-refractivity contribution in [1.29, 1.82) is 0 Å². The average molecular weight is 553 g/mol. The lowest BCUT2D eigenvalue weighted by atomic mass is 9.71. The van der Waals surface area contributed by atoms with Gasteiger partial charge in [0, 0.05) is 29.4 Å². The van der Waals surface area contributed by atoms with Crippen molar-refractivity contribution < 1.29 is 36.2 Å². The largest absolute Gasteiger partial charge is 0.573 e. The van der Waals surface area contributed by atoms with Gasteiger partial charge in [0.25, 0.3) is 0 Å². The summed E-state index contributed by atoms with van der Waals surface area (Å²) in [7, 11) is 0. The van der Waals surface area contributed by atoms with Crippen molar-refractivity contribution in [2.24, 2.45) is 0 Å². The van der Waals surface area contributed by atoms with Gasteiger partial charge in [0.1, 0.15) is 5.75 Å². The van der Waals surface area contributed by atoms with Crippen LogP contribution in [0.1, 0.15) is 37.0 Å². The number of aliphatic hydroxyl groups excluding tert-OH is 1. The molecule has 0 radical (unpaired) electrons. The monoisotopic (exact) mass is 552 g/mol. The van der Waals surface area contributed by atoms with E-state index in [4.69, 9.17) is 0 Å². The Hall–Kier alpha value is -3.40. The van der Waals surface area contributed by atoms with Gasteiger partial charge < -0.3 is 20.1 Å². The van der Waals surface area contributed by atoms with Crippen LogP contribution in [0.5, 0.6) is 5.75 Å². The molecule has 0 amide bonds. The number of rotatable bonds is 9. The van der Waals surface area contributed by atoms with E-state index < -0.39 is 30.6 Å². The zero-order chi connectivity index (χ0) is 28.4. The second-order valence-electron chi connectivity index (χ2n) is 9.94. The van der Waals surface area contributed by atoms with Crippen molar-refractivity contribution in [3.05, 3.63) is 89.5 Å². The third-order valence-electron chi connectivity index (χ3n) is 7.07. The summed E-state index contributed by atoms with van der Waals surface area (Å²) in [6, 6.07) is 20.4. The van der Waals surface area contributed by atoms with E-state index in [0.717, 1.165) is 23.2 Å². The summed E-state index contributed by atoms with van der Waals surface area (Å²) in [5, 5.41) is 13.3. The molecule has 3 aromatic rings. The maximum atomic E-state index is 13.3. The Labute approximate surface area is 223 Å². The van der Waals surface area contributed by atoms with Gasteiger partial charge in [-0.2, -0.15) is 13.2 Å². The van der Waals surface area contributed by atoms with Gasteiger partial charge in [-0.15, -0.1) is 13.2 Å². The lowest BCUT2D eigenvalue weighted by molar-refractivity contribution is -0.274. The fourth-order valence-electron chi connectivity index (χ4n) is 5.12. The normalized spacial score (nSPS) is 18.9. The molecule has 1 heterocycles. The molecule has 0 saturated carbocycles. The molecule has 4 nitrogen and oxygen atoms in total. The van der Waals surface area contributed by atoms with Gasteiger partial charge in [0.15, 0.2) is 6.10 Å². The van der Waals surface area contributed by atoms with Gasteiger partial charge in [-0.3, -0.25) is 0 Å². The van der Waals surface area contributed by atoms with E-state index in [2.05, 4.69) is 10.1 Å². The zero-order valence-corrected chi connectivity index (χ0v) is 21.5. The van der Waals surface area contributed by atoms with E-state index in [-0.39, 0.29) is 24.8 Å². The molecule has 39 heavy (non-hydrogen) atoms. The quantitative estimate of drug-likeness (QED) is 0.279. The molecule has 1 aliphatic rings. The van der Waals surface area contributed by atoms with Crippen LogP contribution in [-0.2, 0) is 11.8 Å². The molecular formula is C29H30F6N2O2. The smallest absolute Gasteiger partial charge is 0.406 e. The Morgan fingerprint density at radius 3 is 2.38 bits per heavy atom. The van der Waals surface area contributed by atoms with Gasteiger partial charge >= 0.3 is 12.5 Å². The molecule has 4 rings (SSSR count). The van der Waals surface area contributed by atoms with Gasteiger partial charge in [-0.05, 0) is 66.8 Å². The predicted octanol–water partition coefficient (Wildman–Crippen LogP) is 7.07. The lowest BCUT2D eigenvalue weighted by Gasteiger charge is -2.33. The lowest BCUT2D eigenvalue weighted by Crippen LogP contribution is -2.44. The number of ether oxygens (including phenoxy) is 1. The molecule has 2 N–H and O–H groups in total. The minimum Gasteiger partial charge on any atom is -0.406 e. The molecule has 0 bridgehead atoms. The van der Waals surface area contributed by atoms with Crippen LogP contribution in [-0.4, -0.2) is 42.9 Å². The van der Waals surface area contributed by atoms with Crippen molar-refractivity contribution in [2.75, 3.05) is 23.3 Å². The molecule has 1 aliphatic heterocycles. The van der Waals surface area contributed by atoms with Crippen molar-refractivity contribution in [3.8, 4) is 5.75 Å². The molecule has 3 aromatic carbocycles. The highest BCUT2D eigenvalue weighted by molar-refractivity contribution is 5.68. The fraction of sp³-hybridized carbons (Fsp3) is 0.379. The Morgan fingerprint density at radius 1 is 0.974 bits per heavy atom. The molecule has 0 aromatic heterocycles. The first kappa shape index (κ1) is 28.6. The standard InChI is InChI=1S/C29H30F6N2O2/c1-3-19(2)36-22-10-7-9-21(15-22)27(16-20-8-6-11-23(14-20)39-29(33,34)35)18-37(17-26(38)28(30,31)32)25-13-5-4-12-24(25)27/h4-15,19,26,36,38H,3,16-18H2,1-2H3/t19?,26-,27?/m1/s1. The number of benzene rings is 3. The van der Waals surface area contributed by atoms with Crippen LogP contribution in [0.15, 0.2) is 72.8 Å². The van der Waals surface area contributed by atoms with E-state index in [1.165, 1.54) is 23.1 Å². The zero-order valence-electron chi connectivity index (χ0n) is 21.5. The number of alkyl halides is 6. The van der Waals surface area contributed by atoms with Crippen LogP contribution in [0.25, 0.3) is 0 Å². The first-order valence-corrected chi connectivity index (χ1v) is 12.6. The molecule has 0 aliphatic carbocycles. The molecule has 0 saturated heterocycles. The summed E-state index contributed by atoms with van der Waals surface area (Å²) in [6.07, 6.45) is -11.2. The Balaban J connectivity index is 1.82. The third-order valence-corrected chi connectivity index (χ3v) is 7.07. The Kier molecular flexibility index (Phi) is 8.07. The van der Waals surface area contributed by atoms with Crippen molar-refractivity contribution in [1.82, 2.24) is 0 Å². The molecule has 210 valence electrons. The number of fused-ring (bicyclic) bond motifs is 1. The highest BCUT2D eigenvalue weighted by Gasteiger charge is 2.47. The van der Waals surface area contributed by atoms with Crippen LogP contribution in [0, 0.1) is 0 Å². The first-order valence-electron chi connectivity index (χ1n) is 12.6. The number of hydrogen-bond acceptors (Lipinski definition) is 4. The van der Waals surface area contributed by atoms with Crippen molar-refractivity contribution in [2.45, 2.75) is 56.8 Å². The Morgan fingerprint density at radius 2 is 1.69 bits per heavy atom. The van der Waals surface area contributed by atoms with Crippen molar-refractivity contribution in [3.63, 3.8) is 0 Å². The molecule has 2 unspecified atom stereocenters. The first-order chi connectivity index (χ1) is 18.3. The summed E-state index contributed by atoms with van der Waals surface area (Å²) < 4.78 is 82.9. The summed E-state index contributed by atoms with van der Waals surface area (Å²) >= 11 is 0. The number of nitrogens with one attached hydrogen (secondary N) is 1. The van der Waals surface area contributed by atoms with Gasteiger partial charge in [0.2, 0.25) is 0 Å². The van der Waals surface area contributed by atoms with Crippen molar-refractivity contribution >= 4 is 11.4 Å². The van der Waals surface area contributed by atoms with Crippen LogP contribution < -0.4 is 15.0 Å². The number of anilines is 2. The number of aliphatic hydroxyl groups is 1. The third kappa shape index (κ3) is 6.61. The molecular weight excluding hydrogens is 522 g/mol. The highest BCUT2D eigenvalue weighted by atomic mass is 19.4. The highest BCUT2D eigenvalue weighted by Crippen LogP contribution is 2.48. The van der Waals surface area contributed by atoms with Gasteiger partial charge in [-0.1, -0.05) is 49.4 Å². The summed E-state index contributed by atoms with van der Waals surface area (Å²) in [5.41, 5.74) is 2.46. The minimum absolute atomic E-state index is 0.0800. The fourth-order valence-corrected chi connectivity index (χ4v) is 5.12.